The predicted octanol–water partition coefficient (Wildman–Crippen LogP) is 4.31. The van der Waals surface area contributed by atoms with Crippen LogP contribution in [0.4, 0.5) is 4.39 Å². The molecule has 0 spiro atoms. The second-order valence-corrected chi connectivity index (χ2v) is 4.25. The summed E-state index contributed by atoms with van der Waals surface area (Å²) < 4.78 is 19.0. The van der Waals surface area contributed by atoms with Crippen molar-refractivity contribution in [3.63, 3.8) is 0 Å². The van der Waals surface area contributed by atoms with Crippen LogP contribution < -0.4 is 4.74 Å². The summed E-state index contributed by atoms with van der Waals surface area (Å²) in [7, 11) is 0. The number of nitrogens with zero attached hydrogens (tertiary/aromatic N) is 1. The molecule has 0 saturated heterocycles. The van der Waals surface area contributed by atoms with Crippen LogP contribution in [0.3, 0.4) is 0 Å². The Morgan fingerprint density at radius 1 is 1.25 bits per heavy atom. The smallest absolute Gasteiger partial charge is 0.140 e. The highest BCUT2D eigenvalue weighted by molar-refractivity contribution is 5.56. The van der Waals surface area contributed by atoms with E-state index in [1.54, 1.807) is 6.07 Å². The average Bonchev–Trinajstić information content (AvgIpc) is 2.48. The van der Waals surface area contributed by atoms with Crippen LogP contribution in [0.5, 0.6) is 5.75 Å². The Labute approximate surface area is 117 Å². The van der Waals surface area contributed by atoms with Crippen molar-refractivity contribution < 1.29 is 9.13 Å². The molecule has 0 fully saturated rings. The Kier molecular flexibility index (Phi) is 4.52. The molecule has 2 rings (SSSR count). The summed E-state index contributed by atoms with van der Waals surface area (Å²) >= 11 is 0. The monoisotopic (exact) mass is 267 g/mol. The van der Waals surface area contributed by atoms with Gasteiger partial charge in [0.2, 0.25) is 0 Å². The number of rotatable bonds is 4. The Bertz CT molecular complexity index is 671. The van der Waals surface area contributed by atoms with Gasteiger partial charge in [0.25, 0.3) is 0 Å². The fourth-order valence-electron chi connectivity index (χ4n) is 1.84. The minimum atomic E-state index is -0.509. The molecular weight excluding hydrogens is 253 g/mol. The van der Waals surface area contributed by atoms with Gasteiger partial charge in [0.15, 0.2) is 0 Å². The second-order valence-electron chi connectivity index (χ2n) is 4.25. The zero-order valence-corrected chi connectivity index (χ0v) is 11.1. The molecule has 0 heterocycles. The maximum atomic E-state index is 13.2. The summed E-state index contributed by atoms with van der Waals surface area (Å²) in [5, 5.41) is 8.80. The normalized spacial score (nSPS) is 10.4. The topological polar surface area (TPSA) is 33.0 Å². The molecule has 100 valence electrons. The molecule has 0 aliphatic rings. The number of hydrogen-bond donors (Lipinski definition) is 0. The SMILES string of the molecule is C/C=C/c1ccccc1OCc1ccc(F)c(C#N)c1. The van der Waals surface area contributed by atoms with Gasteiger partial charge < -0.3 is 4.74 Å². The Hall–Kier alpha value is -2.60. The number of nitriles is 1. The first kappa shape index (κ1) is 13.8. The average molecular weight is 267 g/mol. The van der Waals surface area contributed by atoms with E-state index in [2.05, 4.69) is 0 Å². The number of allylic oxidation sites excluding steroid dienone is 1. The van der Waals surface area contributed by atoms with E-state index < -0.39 is 5.82 Å². The van der Waals surface area contributed by atoms with Crippen molar-refractivity contribution in [2.24, 2.45) is 0 Å². The van der Waals surface area contributed by atoms with Crippen molar-refractivity contribution in [2.45, 2.75) is 13.5 Å². The van der Waals surface area contributed by atoms with Crippen molar-refractivity contribution >= 4 is 6.08 Å². The predicted molar refractivity (Wildman–Crippen MR) is 76.6 cm³/mol. The van der Waals surface area contributed by atoms with E-state index in [1.165, 1.54) is 12.1 Å². The maximum Gasteiger partial charge on any atom is 0.140 e. The van der Waals surface area contributed by atoms with Gasteiger partial charge in [-0.2, -0.15) is 5.26 Å². The van der Waals surface area contributed by atoms with Crippen LogP contribution in [0.1, 0.15) is 23.6 Å². The molecule has 20 heavy (non-hydrogen) atoms. The molecular formula is C17H14FNO. The molecule has 0 atom stereocenters. The van der Waals surface area contributed by atoms with Gasteiger partial charge in [-0.1, -0.05) is 36.4 Å². The summed E-state index contributed by atoms with van der Waals surface area (Å²) in [6.45, 7) is 2.24. The highest BCUT2D eigenvalue weighted by Gasteiger charge is 2.04. The van der Waals surface area contributed by atoms with Crippen LogP contribution in [-0.4, -0.2) is 0 Å². The van der Waals surface area contributed by atoms with Gasteiger partial charge in [0, 0.05) is 5.56 Å². The number of ether oxygens (including phenoxy) is 1. The van der Waals surface area contributed by atoms with E-state index >= 15 is 0 Å². The minimum absolute atomic E-state index is 0.0350. The molecule has 2 nitrogen and oxygen atoms in total. The van der Waals surface area contributed by atoms with Gasteiger partial charge in [0.05, 0.1) is 5.56 Å². The van der Waals surface area contributed by atoms with Gasteiger partial charge in [-0.25, -0.2) is 4.39 Å². The molecule has 2 aromatic carbocycles. The maximum absolute atomic E-state index is 13.2. The third kappa shape index (κ3) is 3.24. The van der Waals surface area contributed by atoms with Crippen molar-refractivity contribution in [3.05, 3.63) is 71.0 Å². The van der Waals surface area contributed by atoms with Crippen LogP contribution >= 0.6 is 0 Å². The first-order chi connectivity index (χ1) is 9.74. The van der Waals surface area contributed by atoms with E-state index in [9.17, 15) is 4.39 Å². The number of hydrogen-bond acceptors (Lipinski definition) is 2. The summed E-state index contributed by atoms with van der Waals surface area (Å²) in [5.41, 5.74) is 1.78. The van der Waals surface area contributed by atoms with E-state index in [0.29, 0.717) is 6.61 Å². The lowest BCUT2D eigenvalue weighted by Crippen LogP contribution is -1.98. The Balaban J connectivity index is 2.15. The van der Waals surface area contributed by atoms with Gasteiger partial charge in [-0.15, -0.1) is 0 Å². The molecule has 0 N–H and O–H groups in total. The van der Waals surface area contributed by atoms with E-state index in [4.69, 9.17) is 10.00 Å². The van der Waals surface area contributed by atoms with Gasteiger partial charge in [0.1, 0.15) is 24.2 Å². The van der Waals surface area contributed by atoms with Crippen molar-refractivity contribution in [1.82, 2.24) is 0 Å². The summed E-state index contributed by atoms with van der Waals surface area (Å²) in [4.78, 5) is 0. The lowest BCUT2D eigenvalue weighted by atomic mass is 10.1. The molecule has 0 unspecified atom stereocenters. The number of benzene rings is 2. The first-order valence-corrected chi connectivity index (χ1v) is 6.27. The number of halogens is 1. The van der Waals surface area contributed by atoms with E-state index in [0.717, 1.165) is 16.9 Å². The fourth-order valence-corrected chi connectivity index (χ4v) is 1.84. The van der Waals surface area contributed by atoms with Crippen LogP contribution in [0.2, 0.25) is 0 Å². The molecule has 0 saturated carbocycles. The first-order valence-electron chi connectivity index (χ1n) is 6.27. The van der Waals surface area contributed by atoms with Crippen molar-refractivity contribution in [3.8, 4) is 11.8 Å². The second kappa shape index (κ2) is 6.53. The highest BCUT2D eigenvalue weighted by Crippen LogP contribution is 2.21. The minimum Gasteiger partial charge on any atom is -0.488 e. The summed E-state index contributed by atoms with van der Waals surface area (Å²) in [6.07, 6.45) is 3.90. The van der Waals surface area contributed by atoms with Crippen LogP contribution in [-0.2, 0) is 6.61 Å². The van der Waals surface area contributed by atoms with Crippen molar-refractivity contribution in [1.29, 1.82) is 5.26 Å². The quantitative estimate of drug-likeness (QED) is 0.827. The molecule has 0 aliphatic heterocycles. The molecule has 0 amide bonds. The Morgan fingerprint density at radius 3 is 2.80 bits per heavy atom. The fraction of sp³-hybridized carbons (Fsp3) is 0.118. The molecule has 0 bridgehead atoms. The summed E-state index contributed by atoms with van der Waals surface area (Å²) in [5.74, 6) is 0.249. The molecule has 3 heteroatoms. The lowest BCUT2D eigenvalue weighted by molar-refractivity contribution is 0.305. The van der Waals surface area contributed by atoms with E-state index in [-0.39, 0.29) is 5.56 Å². The highest BCUT2D eigenvalue weighted by atomic mass is 19.1. The largest absolute Gasteiger partial charge is 0.488 e. The number of para-hydroxylation sites is 1. The summed E-state index contributed by atoms with van der Waals surface area (Å²) in [6, 6.07) is 13.9. The zero-order chi connectivity index (χ0) is 14.4. The molecule has 0 radical (unpaired) electrons. The lowest BCUT2D eigenvalue weighted by Gasteiger charge is -2.09. The third-order valence-corrected chi connectivity index (χ3v) is 2.81. The molecule has 0 aliphatic carbocycles. The Morgan fingerprint density at radius 2 is 2.05 bits per heavy atom. The molecule has 2 aromatic rings. The zero-order valence-electron chi connectivity index (χ0n) is 11.1. The van der Waals surface area contributed by atoms with Gasteiger partial charge >= 0.3 is 0 Å². The van der Waals surface area contributed by atoms with Crippen molar-refractivity contribution in [2.75, 3.05) is 0 Å². The third-order valence-electron chi connectivity index (χ3n) is 2.81. The standard InChI is InChI=1S/C17H14FNO/c1-2-5-14-6-3-4-7-17(14)20-12-13-8-9-16(18)15(10-13)11-19/h2-10H,12H2,1H3/b5-2+. The van der Waals surface area contributed by atoms with Crippen LogP contribution in [0, 0.1) is 17.1 Å². The van der Waals surface area contributed by atoms with Crippen LogP contribution in [0.15, 0.2) is 48.5 Å². The van der Waals surface area contributed by atoms with Gasteiger partial charge in [-0.3, -0.25) is 0 Å². The van der Waals surface area contributed by atoms with Gasteiger partial charge in [-0.05, 0) is 30.7 Å². The van der Waals surface area contributed by atoms with Crippen LogP contribution in [0.25, 0.3) is 6.08 Å². The van der Waals surface area contributed by atoms with E-state index in [1.807, 2.05) is 49.4 Å². The molecule has 0 aromatic heterocycles.